The lowest BCUT2D eigenvalue weighted by molar-refractivity contribution is -0.132. The molecule has 1 saturated carbocycles. The van der Waals surface area contributed by atoms with Crippen molar-refractivity contribution in [2.75, 3.05) is 13.1 Å². The second-order valence-corrected chi connectivity index (χ2v) is 6.89. The van der Waals surface area contributed by atoms with Gasteiger partial charge in [-0.2, -0.15) is 0 Å². The number of carbonyl (C=O) groups is 1. The lowest BCUT2D eigenvalue weighted by Crippen LogP contribution is -2.36. The van der Waals surface area contributed by atoms with Gasteiger partial charge in [-0.15, -0.1) is 0 Å². The zero-order chi connectivity index (χ0) is 17.2. The Labute approximate surface area is 148 Å². The van der Waals surface area contributed by atoms with Crippen molar-refractivity contribution in [3.05, 3.63) is 71.6 Å². The van der Waals surface area contributed by atoms with Crippen molar-refractivity contribution in [2.24, 2.45) is 11.7 Å². The van der Waals surface area contributed by atoms with Crippen LogP contribution in [-0.4, -0.2) is 28.9 Å². The van der Waals surface area contributed by atoms with E-state index in [2.05, 4.69) is 23.2 Å². The molecule has 1 fully saturated rings. The van der Waals surface area contributed by atoms with Crippen LogP contribution >= 0.6 is 0 Å². The lowest BCUT2D eigenvalue weighted by atomic mass is 10.0. The third-order valence-electron chi connectivity index (χ3n) is 5.18. The van der Waals surface area contributed by atoms with E-state index < -0.39 is 0 Å². The first-order chi connectivity index (χ1) is 12.3. The summed E-state index contributed by atoms with van der Waals surface area (Å²) in [5.41, 5.74) is 10.2. The second-order valence-electron chi connectivity index (χ2n) is 6.89. The van der Waals surface area contributed by atoms with Gasteiger partial charge in [-0.1, -0.05) is 36.4 Å². The minimum atomic E-state index is 0.121. The molecule has 25 heavy (non-hydrogen) atoms. The van der Waals surface area contributed by atoms with Gasteiger partial charge in [0.15, 0.2) is 0 Å². The summed E-state index contributed by atoms with van der Waals surface area (Å²) in [4.78, 5) is 19.4. The van der Waals surface area contributed by atoms with Gasteiger partial charge in [-0.25, -0.2) is 0 Å². The van der Waals surface area contributed by atoms with Gasteiger partial charge in [-0.05, 0) is 47.6 Å². The molecule has 2 N–H and O–H groups in total. The molecule has 2 aliphatic rings. The first-order valence-electron chi connectivity index (χ1n) is 8.94. The summed E-state index contributed by atoms with van der Waals surface area (Å²) in [7, 11) is 0. The Morgan fingerprint density at radius 2 is 2.16 bits per heavy atom. The first kappa shape index (κ1) is 16.0. The zero-order valence-electron chi connectivity index (χ0n) is 14.3. The van der Waals surface area contributed by atoms with Crippen LogP contribution in [-0.2, 0) is 11.3 Å². The fourth-order valence-corrected chi connectivity index (χ4v) is 3.69. The van der Waals surface area contributed by atoms with Crippen LogP contribution in [0.25, 0.3) is 5.57 Å². The van der Waals surface area contributed by atoms with Gasteiger partial charge in [0, 0.05) is 31.7 Å². The molecule has 1 amide bonds. The number of aromatic nitrogens is 1. The van der Waals surface area contributed by atoms with E-state index in [0.29, 0.717) is 19.0 Å². The molecule has 1 aromatic carbocycles. The summed E-state index contributed by atoms with van der Waals surface area (Å²) < 4.78 is 0. The molecule has 0 unspecified atom stereocenters. The molecule has 2 aromatic rings. The highest BCUT2D eigenvalue weighted by atomic mass is 16.2. The van der Waals surface area contributed by atoms with Crippen LogP contribution in [0.4, 0.5) is 0 Å². The number of amides is 1. The van der Waals surface area contributed by atoms with Gasteiger partial charge in [0.05, 0.1) is 5.69 Å². The number of nitrogens with two attached hydrogens (primary N) is 1. The van der Waals surface area contributed by atoms with Crippen molar-refractivity contribution in [1.82, 2.24) is 9.88 Å². The number of benzene rings is 1. The number of pyridine rings is 1. The largest absolute Gasteiger partial charge is 0.338 e. The predicted octanol–water partition coefficient (Wildman–Crippen LogP) is 2.96. The van der Waals surface area contributed by atoms with Crippen molar-refractivity contribution in [1.29, 1.82) is 0 Å². The quantitative estimate of drug-likeness (QED) is 0.936. The Hall–Kier alpha value is -2.46. The Morgan fingerprint density at radius 1 is 1.24 bits per heavy atom. The maximum atomic E-state index is 12.9. The topological polar surface area (TPSA) is 59.2 Å². The van der Waals surface area contributed by atoms with E-state index in [-0.39, 0.29) is 11.8 Å². The summed E-state index contributed by atoms with van der Waals surface area (Å²) >= 11 is 0. The van der Waals surface area contributed by atoms with Gasteiger partial charge in [0.1, 0.15) is 0 Å². The highest BCUT2D eigenvalue weighted by molar-refractivity contribution is 5.85. The third-order valence-corrected chi connectivity index (χ3v) is 5.18. The smallest absolute Gasteiger partial charge is 0.226 e. The molecule has 0 radical (unpaired) electrons. The molecule has 2 atom stereocenters. The normalized spacial score (nSPS) is 22.4. The molecule has 0 spiro atoms. The summed E-state index contributed by atoms with van der Waals surface area (Å²) in [5, 5.41) is 0. The summed E-state index contributed by atoms with van der Waals surface area (Å²) in [6, 6.07) is 14.3. The van der Waals surface area contributed by atoms with E-state index in [4.69, 9.17) is 5.73 Å². The van der Waals surface area contributed by atoms with Crippen LogP contribution in [0.3, 0.4) is 0 Å². The Bertz CT molecular complexity index is 800. The molecule has 4 nitrogen and oxygen atoms in total. The molecule has 1 aliphatic heterocycles. The molecule has 128 valence electrons. The Kier molecular flexibility index (Phi) is 4.36. The third kappa shape index (κ3) is 3.35. The molecule has 2 heterocycles. The van der Waals surface area contributed by atoms with Crippen LogP contribution in [0.5, 0.6) is 0 Å². The molecule has 4 heteroatoms. The van der Waals surface area contributed by atoms with Gasteiger partial charge in [0.25, 0.3) is 0 Å². The monoisotopic (exact) mass is 333 g/mol. The summed E-state index contributed by atoms with van der Waals surface area (Å²) in [6.07, 6.45) is 5.86. The Morgan fingerprint density at radius 3 is 2.96 bits per heavy atom. The molecule has 4 rings (SSSR count). The first-order valence-corrected chi connectivity index (χ1v) is 8.94. The van der Waals surface area contributed by atoms with Crippen LogP contribution < -0.4 is 5.73 Å². The number of nitrogens with zero attached hydrogens (tertiary/aromatic N) is 2. The number of hydrogen-bond donors (Lipinski definition) is 1. The van der Waals surface area contributed by atoms with Gasteiger partial charge in [-0.3, -0.25) is 9.78 Å². The summed E-state index contributed by atoms with van der Waals surface area (Å²) in [6.45, 7) is 2.02. The van der Waals surface area contributed by atoms with Crippen molar-refractivity contribution < 1.29 is 4.79 Å². The fourth-order valence-electron chi connectivity index (χ4n) is 3.69. The highest BCUT2D eigenvalue weighted by Crippen LogP contribution is 2.48. The van der Waals surface area contributed by atoms with E-state index in [0.717, 1.165) is 36.2 Å². The average molecular weight is 333 g/mol. The number of rotatable bonds is 4. The molecule has 0 saturated heterocycles. The SMILES string of the molecule is NCc1cccc([C@@H]2C[C@H]2C(=O)N2CCC=C(c3ccccn3)C2)c1. The van der Waals surface area contributed by atoms with Crippen LogP contribution in [0.1, 0.15) is 35.6 Å². The molecule has 1 aromatic heterocycles. The standard InChI is InChI=1S/C21H23N3O/c22-13-15-5-3-6-16(11-15)18-12-19(18)21(25)24-10-4-7-17(14-24)20-8-1-2-9-23-20/h1-3,5-9,11,18-19H,4,10,12-14,22H2/t18-,19+/m0/s1. The van der Waals surface area contributed by atoms with E-state index in [9.17, 15) is 4.79 Å². The minimum absolute atomic E-state index is 0.121. The van der Waals surface area contributed by atoms with E-state index in [1.165, 1.54) is 5.56 Å². The van der Waals surface area contributed by atoms with E-state index >= 15 is 0 Å². The molecule has 1 aliphatic carbocycles. The Balaban J connectivity index is 1.43. The van der Waals surface area contributed by atoms with Gasteiger partial charge < -0.3 is 10.6 Å². The van der Waals surface area contributed by atoms with Crippen molar-refractivity contribution in [3.8, 4) is 0 Å². The lowest BCUT2D eigenvalue weighted by Gasteiger charge is -2.27. The van der Waals surface area contributed by atoms with Crippen LogP contribution in [0.15, 0.2) is 54.7 Å². The van der Waals surface area contributed by atoms with Crippen molar-refractivity contribution in [2.45, 2.75) is 25.3 Å². The predicted molar refractivity (Wildman–Crippen MR) is 98.6 cm³/mol. The van der Waals surface area contributed by atoms with Gasteiger partial charge in [0.2, 0.25) is 5.91 Å². The zero-order valence-corrected chi connectivity index (χ0v) is 14.3. The average Bonchev–Trinajstić information content (AvgIpc) is 3.49. The van der Waals surface area contributed by atoms with Crippen molar-refractivity contribution in [3.63, 3.8) is 0 Å². The number of carbonyl (C=O) groups excluding carboxylic acids is 1. The highest BCUT2D eigenvalue weighted by Gasteiger charge is 2.46. The van der Waals surface area contributed by atoms with Crippen molar-refractivity contribution >= 4 is 11.5 Å². The maximum Gasteiger partial charge on any atom is 0.226 e. The van der Waals surface area contributed by atoms with E-state index in [1.54, 1.807) is 6.20 Å². The molecular weight excluding hydrogens is 310 g/mol. The molecular formula is C21H23N3O. The minimum Gasteiger partial charge on any atom is -0.338 e. The fraction of sp³-hybridized carbons (Fsp3) is 0.333. The second kappa shape index (κ2) is 6.81. The van der Waals surface area contributed by atoms with E-state index in [1.807, 2.05) is 35.2 Å². The maximum absolute atomic E-state index is 12.9. The number of hydrogen-bond acceptors (Lipinski definition) is 3. The van der Waals surface area contributed by atoms with Gasteiger partial charge >= 0.3 is 0 Å². The molecule has 0 bridgehead atoms. The van der Waals surface area contributed by atoms with Crippen LogP contribution in [0.2, 0.25) is 0 Å². The summed E-state index contributed by atoms with van der Waals surface area (Å²) in [5.74, 6) is 0.754. The van der Waals surface area contributed by atoms with Crippen LogP contribution in [0, 0.1) is 5.92 Å².